The topological polar surface area (TPSA) is 6.48 Å². The van der Waals surface area contributed by atoms with Gasteiger partial charge in [0.25, 0.3) is 0 Å². The molecule has 1 fully saturated rings. The van der Waals surface area contributed by atoms with Gasteiger partial charge in [0.2, 0.25) is 0 Å². The minimum atomic E-state index is 0.355. The lowest BCUT2D eigenvalue weighted by molar-refractivity contribution is 0.115. The molecule has 0 atom stereocenters. The highest BCUT2D eigenvalue weighted by atomic mass is 32.1. The summed E-state index contributed by atoms with van der Waals surface area (Å²) in [7, 11) is 4.38. The summed E-state index contributed by atoms with van der Waals surface area (Å²) in [4.78, 5) is 4.96. The minimum absolute atomic E-state index is 0.355. The van der Waals surface area contributed by atoms with Gasteiger partial charge >= 0.3 is 0 Å². The number of piperidine rings is 1. The average Bonchev–Trinajstić information content (AvgIpc) is 2.18. The Labute approximate surface area is 100 Å². The van der Waals surface area contributed by atoms with Gasteiger partial charge in [-0.25, -0.2) is 0 Å². The van der Waals surface area contributed by atoms with Crippen molar-refractivity contribution in [3.05, 3.63) is 0 Å². The van der Waals surface area contributed by atoms with Crippen molar-refractivity contribution in [3.8, 4) is 0 Å². The van der Waals surface area contributed by atoms with Gasteiger partial charge in [0, 0.05) is 12.6 Å². The van der Waals surface area contributed by atoms with Crippen LogP contribution >= 0.6 is 12.6 Å². The monoisotopic (exact) mass is 230 g/mol. The molecule has 0 aromatic rings. The van der Waals surface area contributed by atoms with Crippen LogP contribution in [0.4, 0.5) is 0 Å². The predicted octanol–water partition coefficient (Wildman–Crippen LogP) is 1.97. The molecular formula is C12H26N2S. The lowest BCUT2D eigenvalue weighted by Crippen LogP contribution is -2.45. The molecule has 0 spiro atoms. The maximum absolute atomic E-state index is 4.42. The van der Waals surface area contributed by atoms with Gasteiger partial charge in [0.05, 0.1) is 0 Å². The Hall–Kier alpha value is 0.270. The average molecular weight is 230 g/mol. The number of likely N-dealkylation sites (tertiary alicyclic amines) is 1. The van der Waals surface area contributed by atoms with Crippen LogP contribution in [0.5, 0.6) is 0 Å². The van der Waals surface area contributed by atoms with Crippen molar-refractivity contribution in [2.75, 3.05) is 39.5 Å². The van der Waals surface area contributed by atoms with Gasteiger partial charge in [0.1, 0.15) is 0 Å². The van der Waals surface area contributed by atoms with Crippen molar-refractivity contribution in [2.24, 2.45) is 5.41 Å². The fourth-order valence-electron chi connectivity index (χ4n) is 2.25. The largest absolute Gasteiger partial charge is 0.306 e. The second-order valence-electron chi connectivity index (χ2n) is 5.79. The lowest BCUT2D eigenvalue weighted by Gasteiger charge is -2.38. The highest BCUT2D eigenvalue weighted by Crippen LogP contribution is 2.22. The van der Waals surface area contributed by atoms with E-state index >= 15 is 0 Å². The summed E-state index contributed by atoms with van der Waals surface area (Å²) in [5, 5.41) is 0. The Balaban J connectivity index is 2.32. The molecule has 1 heterocycles. The molecule has 0 aromatic carbocycles. The van der Waals surface area contributed by atoms with Crippen LogP contribution in [0.2, 0.25) is 0 Å². The summed E-state index contributed by atoms with van der Waals surface area (Å²) < 4.78 is 0. The first-order valence-corrected chi connectivity index (χ1v) is 6.57. The van der Waals surface area contributed by atoms with E-state index in [1.54, 1.807) is 0 Å². The van der Waals surface area contributed by atoms with Crippen LogP contribution in [-0.4, -0.2) is 55.3 Å². The van der Waals surface area contributed by atoms with Gasteiger partial charge in [-0.1, -0.05) is 13.8 Å². The Bertz CT molecular complexity index is 184. The number of rotatable bonds is 4. The van der Waals surface area contributed by atoms with E-state index in [4.69, 9.17) is 0 Å². The van der Waals surface area contributed by atoms with Gasteiger partial charge in [-0.05, 0) is 51.2 Å². The van der Waals surface area contributed by atoms with E-state index in [2.05, 4.69) is 50.4 Å². The highest BCUT2D eigenvalue weighted by molar-refractivity contribution is 7.80. The Kier molecular flexibility index (Phi) is 4.94. The zero-order chi connectivity index (χ0) is 11.5. The molecule has 0 radical (unpaired) electrons. The second kappa shape index (κ2) is 5.55. The Morgan fingerprint density at radius 1 is 1.27 bits per heavy atom. The quantitative estimate of drug-likeness (QED) is 0.738. The molecule has 0 saturated carbocycles. The molecule has 0 unspecified atom stereocenters. The normalized spacial score (nSPS) is 21.2. The SMILES string of the molecule is CN(C)C1CCN(CC(C)(C)CS)CC1. The fourth-order valence-corrected chi connectivity index (χ4v) is 2.35. The summed E-state index contributed by atoms with van der Waals surface area (Å²) in [6.07, 6.45) is 2.63. The standard InChI is InChI=1S/C12H26N2S/c1-12(2,10-15)9-14-7-5-11(6-8-14)13(3)4/h11,15H,5-10H2,1-4H3. The maximum atomic E-state index is 4.42. The van der Waals surface area contributed by atoms with Gasteiger partial charge in [-0.3, -0.25) is 0 Å². The van der Waals surface area contributed by atoms with Crippen molar-refractivity contribution in [3.63, 3.8) is 0 Å². The second-order valence-corrected chi connectivity index (χ2v) is 6.11. The molecule has 0 aromatic heterocycles. The van der Waals surface area contributed by atoms with E-state index in [9.17, 15) is 0 Å². The van der Waals surface area contributed by atoms with Crippen LogP contribution in [0.1, 0.15) is 26.7 Å². The highest BCUT2D eigenvalue weighted by Gasteiger charge is 2.25. The molecule has 1 saturated heterocycles. The molecule has 0 amide bonds. The molecule has 1 aliphatic rings. The Morgan fingerprint density at radius 3 is 2.20 bits per heavy atom. The molecule has 90 valence electrons. The van der Waals surface area contributed by atoms with Gasteiger partial charge in [-0.15, -0.1) is 0 Å². The maximum Gasteiger partial charge on any atom is 0.0113 e. The van der Waals surface area contributed by atoms with Crippen LogP contribution < -0.4 is 0 Å². The fraction of sp³-hybridized carbons (Fsp3) is 1.00. The van der Waals surface area contributed by atoms with Crippen LogP contribution in [0.15, 0.2) is 0 Å². The number of nitrogens with zero attached hydrogens (tertiary/aromatic N) is 2. The Morgan fingerprint density at radius 2 is 1.80 bits per heavy atom. The number of thiol groups is 1. The smallest absolute Gasteiger partial charge is 0.0113 e. The van der Waals surface area contributed by atoms with Crippen molar-refractivity contribution in [1.29, 1.82) is 0 Å². The number of hydrogen-bond acceptors (Lipinski definition) is 3. The lowest BCUT2D eigenvalue weighted by atomic mass is 9.93. The van der Waals surface area contributed by atoms with Crippen molar-refractivity contribution in [2.45, 2.75) is 32.7 Å². The zero-order valence-electron chi connectivity index (χ0n) is 10.7. The van der Waals surface area contributed by atoms with Crippen molar-refractivity contribution < 1.29 is 0 Å². The zero-order valence-corrected chi connectivity index (χ0v) is 11.6. The van der Waals surface area contributed by atoms with E-state index in [0.717, 1.165) is 11.8 Å². The summed E-state index contributed by atoms with van der Waals surface area (Å²) in [6.45, 7) is 8.30. The van der Waals surface area contributed by atoms with E-state index < -0.39 is 0 Å². The van der Waals surface area contributed by atoms with Gasteiger partial charge in [-0.2, -0.15) is 12.6 Å². The van der Waals surface area contributed by atoms with Crippen molar-refractivity contribution in [1.82, 2.24) is 9.80 Å². The van der Waals surface area contributed by atoms with Crippen LogP contribution in [-0.2, 0) is 0 Å². The van der Waals surface area contributed by atoms with Crippen LogP contribution in [0.3, 0.4) is 0 Å². The van der Waals surface area contributed by atoms with Gasteiger partial charge in [0.15, 0.2) is 0 Å². The summed E-state index contributed by atoms with van der Waals surface area (Å²) in [5.74, 6) is 0.973. The first-order chi connectivity index (χ1) is 6.94. The van der Waals surface area contributed by atoms with E-state index in [1.165, 1.54) is 32.5 Å². The first kappa shape index (κ1) is 13.3. The summed E-state index contributed by atoms with van der Waals surface area (Å²) in [6, 6.07) is 0.792. The number of hydrogen-bond donors (Lipinski definition) is 1. The summed E-state index contributed by atoms with van der Waals surface area (Å²) >= 11 is 4.42. The summed E-state index contributed by atoms with van der Waals surface area (Å²) in [5.41, 5.74) is 0.355. The third-order valence-electron chi connectivity index (χ3n) is 3.37. The molecule has 1 rings (SSSR count). The van der Waals surface area contributed by atoms with Crippen LogP contribution in [0.25, 0.3) is 0 Å². The molecule has 1 aliphatic heterocycles. The molecule has 2 nitrogen and oxygen atoms in total. The molecular weight excluding hydrogens is 204 g/mol. The van der Waals surface area contributed by atoms with E-state index in [1.807, 2.05) is 0 Å². The molecule has 0 aliphatic carbocycles. The van der Waals surface area contributed by atoms with E-state index in [0.29, 0.717) is 5.41 Å². The van der Waals surface area contributed by atoms with Crippen LogP contribution in [0, 0.1) is 5.41 Å². The van der Waals surface area contributed by atoms with Crippen molar-refractivity contribution >= 4 is 12.6 Å². The molecule has 3 heteroatoms. The van der Waals surface area contributed by atoms with E-state index in [-0.39, 0.29) is 0 Å². The predicted molar refractivity (Wildman–Crippen MR) is 70.8 cm³/mol. The minimum Gasteiger partial charge on any atom is -0.306 e. The molecule has 0 bridgehead atoms. The molecule has 15 heavy (non-hydrogen) atoms. The van der Waals surface area contributed by atoms with Gasteiger partial charge < -0.3 is 9.80 Å². The third-order valence-corrected chi connectivity index (χ3v) is 4.22. The third kappa shape index (κ3) is 4.33. The molecule has 0 N–H and O–H groups in total. The first-order valence-electron chi connectivity index (χ1n) is 5.94.